The summed E-state index contributed by atoms with van der Waals surface area (Å²) < 4.78 is 21.1. The fourth-order valence-corrected chi connectivity index (χ4v) is 6.25. The molecule has 53 heavy (non-hydrogen) atoms. The first kappa shape index (κ1) is 38.8. The van der Waals surface area contributed by atoms with Crippen molar-refractivity contribution in [3.05, 3.63) is 102 Å². The van der Waals surface area contributed by atoms with Crippen LogP contribution in [-0.2, 0) is 33.8 Å². The van der Waals surface area contributed by atoms with Gasteiger partial charge in [0.2, 0.25) is 11.8 Å². The number of halogens is 1. The normalized spacial score (nSPS) is 14.0. The summed E-state index contributed by atoms with van der Waals surface area (Å²) in [5.41, 5.74) is 15.4. The standard InChI is InChI=1S/C39H50FN9O4/c1-2-16-43-24-29-26-49(25-28-10-12-30(40)13-11-28)35-15-14-31(23-32(29)35)45-37(51)34(22-27-7-4-3-5-8-27)46-36(50)33(9-6-17-44-38(41)42)47-39(52)48-18-20-53-21-19-48/h3-5,7-8,10-15,23,26,33-34,43H,2,6,9,16-22,24-25H2,1H3,(H,45,51)(H,46,50)(H,47,52)(H4,41,42,44)/t33-,34-/m1/s1. The summed E-state index contributed by atoms with van der Waals surface area (Å²) in [6, 6.07) is 19.3. The smallest absolute Gasteiger partial charge is 0.318 e. The van der Waals surface area contributed by atoms with Crippen LogP contribution >= 0.6 is 0 Å². The number of carbonyl (C=O) groups excluding carboxylic acids is 3. The molecule has 0 saturated carbocycles. The number of rotatable bonds is 17. The number of aromatic nitrogens is 1. The van der Waals surface area contributed by atoms with Gasteiger partial charge in [0.15, 0.2) is 5.96 Å². The lowest BCUT2D eigenvalue weighted by Crippen LogP contribution is -2.56. The molecular weight excluding hydrogens is 677 g/mol. The Hall–Kier alpha value is -5.47. The lowest BCUT2D eigenvalue weighted by molar-refractivity contribution is -0.127. The molecule has 0 spiro atoms. The molecule has 1 aliphatic heterocycles. The molecule has 0 unspecified atom stereocenters. The molecule has 282 valence electrons. The lowest BCUT2D eigenvalue weighted by atomic mass is 10.0. The van der Waals surface area contributed by atoms with E-state index >= 15 is 0 Å². The molecule has 14 heteroatoms. The first-order valence-corrected chi connectivity index (χ1v) is 18.1. The quantitative estimate of drug-likeness (QED) is 0.0548. The zero-order chi connectivity index (χ0) is 37.6. The van der Waals surface area contributed by atoms with Crippen LogP contribution in [0.2, 0.25) is 0 Å². The van der Waals surface area contributed by atoms with Crippen LogP contribution in [0, 0.1) is 5.82 Å². The number of benzene rings is 3. The van der Waals surface area contributed by atoms with Crippen LogP contribution in [0.15, 0.2) is 84.0 Å². The topological polar surface area (TPSA) is 181 Å². The second kappa shape index (κ2) is 19.4. The molecule has 4 amide bonds. The van der Waals surface area contributed by atoms with Crippen molar-refractivity contribution >= 4 is 40.4 Å². The molecule has 8 N–H and O–H groups in total. The average Bonchev–Trinajstić information content (AvgIpc) is 3.49. The molecule has 0 aliphatic carbocycles. The maximum atomic E-state index is 14.1. The fourth-order valence-electron chi connectivity index (χ4n) is 6.25. The predicted molar refractivity (Wildman–Crippen MR) is 205 cm³/mol. The first-order valence-electron chi connectivity index (χ1n) is 18.1. The summed E-state index contributed by atoms with van der Waals surface area (Å²) in [6.45, 7) is 6.05. The largest absolute Gasteiger partial charge is 0.378 e. The summed E-state index contributed by atoms with van der Waals surface area (Å²) in [6.07, 6.45) is 3.96. The Bertz CT molecular complexity index is 1840. The summed E-state index contributed by atoms with van der Waals surface area (Å²) in [5.74, 6) is -1.24. The van der Waals surface area contributed by atoms with E-state index in [4.69, 9.17) is 16.2 Å². The summed E-state index contributed by atoms with van der Waals surface area (Å²) in [4.78, 5) is 46.7. The number of hydrogen-bond donors (Lipinski definition) is 6. The number of guanidine groups is 1. The van der Waals surface area contributed by atoms with Crippen LogP contribution < -0.4 is 32.7 Å². The third kappa shape index (κ3) is 11.5. The molecule has 3 aromatic carbocycles. The monoisotopic (exact) mass is 727 g/mol. The Labute approximate surface area is 309 Å². The average molecular weight is 728 g/mol. The minimum absolute atomic E-state index is 0.0603. The number of aliphatic imine (C=N–C) groups is 1. The first-order chi connectivity index (χ1) is 25.7. The van der Waals surface area contributed by atoms with E-state index in [2.05, 4.69) is 43.9 Å². The Morgan fingerprint density at radius 1 is 0.925 bits per heavy atom. The van der Waals surface area contributed by atoms with E-state index in [1.165, 1.54) is 12.1 Å². The van der Waals surface area contributed by atoms with Crippen molar-refractivity contribution < 1.29 is 23.5 Å². The summed E-state index contributed by atoms with van der Waals surface area (Å²) in [5, 5.41) is 13.2. The van der Waals surface area contributed by atoms with Gasteiger partial charge in [-0.25, -0.2) is 9.18 Å². The molecule has 1 aliphatic rings. The predicted octanol–water partition coefficient (Wildman–Crippen LogP) is 3.46. The van der Waals surface area contributed by atoms with Gasteiger partial charge in [0, 0.05) is 61.9 Å². The van der Waals surface area contributed by atoms with Crippen LogP contribution in [-0.4, -0.2) is 84.7 Å². The van der Waals surface area contributed by atoms with Crippen molar-refractivity contribution in [3.63, 3.8) is 0 Å². The minimum Gasteiger partial charge on any atom is -0.378 e. The van der Waals surface area contributed by atoms with Gasteiger partial charge in [-0.15, -0.1) is 0 Å². The molecule has 0 radical (unpaired) electrons. The van der Waals surface area contributed by atoms with Gasteiger partial charge >= 0.3 is 6.03 Å². The molecule has 2 heterocycles. The van der Waals surface area contributed by atoms with E-state index in [1.807, 2.05) is 48.5 Å². The molecule has 2 atom stereocenters. The zero-order valence-electron chi connectivity index (χ0n) is 30.2. The van der Waals surface area contributed by atoms with Crippen LogP contribution in [0.25, 0.3) is 10.9 Å². The maximum absolute atomic E-state index is 14.1. The van der Waals surface area contributed by atoms with Crippen molar-refractivity contribution in [2.24, 2.45) is 16.5 Å². The number of ether oxygens (including phenoxy) is 1. The Morgan fingerprint density at radius 2 is 1.68 bits per heavy atom. The Kier molecular flexibility index (Phi) is 14.2. The molecule has 1 aromatic heterocycles. The second-order valence-corrected chi connectivity index (χ2v) is 13.1. The second-order valence-electron chi connectivity index (χ2n) is 13.1. The third-order valence-corrected chi connectivity index (χ3v) is 9.01. The Balaban J connectivity index is 1.37. The molecule has 1 saturated heterocycles. The van der Waals surface area contributed by atoms with E-state index in [0.29, 0.717) is 51.5 Å². The number of nitrogens with two attached hydrogens (primary N) is 2. The highest BCUT2D eigenvalue weighted by Crippen LogP contribution is 2.26. The van der Waals surface area contributed by atoms with Gasteiger partial charge in [-0.05, 0) is 72.8 Å². The highest BCUT2D eigenvalue weighted by molar-refractivity contribution is 6.00. The van der Waals surface area contributed by atoms with Crippen molar-refractivity contribution in [1.29, 1.82) is 0 Å². The van der Waals surface area contributed by atoms with Crippen molar-refractivity contribution in [2.45, 2.75) is 57.8 Å². The zero-order valence-corrected chi connectivity index (χ0v) is 30.2. The van der Waals surface area contributed by atoms with E-state index in [1.54, 1.807) is 17.0 Å². The van der Waals surface area contributed by atoms with Gasteiger partial charge in [0.05, 0.1) is 13.2 Å². The van der Waals surface area contributed by atoms with Gasteiger partial charge in [0.25, 0.3) is 0 Å². The van der Waals surface area contributed by atoms with E-state index < -0.39 is 23.9 Å². The number of morpholine rings is 1. The third-order valence-electron chi connectivity index (χ3n) is 9.01. The number of carbonyl (C=O) groups is 3. The van der Waals surface area contributed by atoms with E-state index in [0.717, 1.165) is 40.6 Å². The number of amides is 4. The van der Waals surface area contributed by atoms with Crippen LogP contribution in [0.3, 0.4) is 0 Å². The lowest BCUT2D eigenvalue weighted by Gasteiger charge is -2.29. The molecular formula is C39H50FN9O4. The number of nitrogens with zero attached hydrogens (tertiary/aromatic N) is 3. The van der Waals surface area contributed by atoms with Gasteiger partial charge in [-0.1, -0.05) is 49.4 Å². The van der Waals surface area contributed by atoms with Crippen molar-refractivity contribution in [1.82, 2.24) is 25.4 Å². The van der Waals surface area contributed by atoms with Gasteiger partial charge in [-0.2, -0.15) is 0 Å². The van der Waals surface area contributed by atoms with E-state index in [-0.39, 0.29) is 37.2 Å². The highest BCUT2D eigenvalue weighted by Gasteiger charge is 2.29. The number of fused-ring (bicyclic) bond motifs is 1. The van der Waals surface area contributed by atoms with Crippen LogP contribution in [0.1, 0.15) is 42.9 Å². The maximum Gasteiger partial charge on any atom is 0.318 e. The van der Waals surface area contributed by atoms with Crippen LogP contribution in [0.5, 0.6) is 0 Å². The SMILES string of the molecule is CCCNCc1cn(Cc2ccc(F)cc2)c2ccc(NC(=O)[C@@H](Cc3ccccc3)NC(=O)[C@@H](CCCN=C(N)N)NC(=O)N3CCOCC3)cc12. The van der Waals surface area contributed by atoms with Crippen molar-refractivity contribution in [3.8, 4) is 0 Å². The van der Waals surface area contributed by atoms with Crippen LogP contribution in [0.4, 0.5) is 14.9 Å². The molecule has 4 aromatic rings. The van der Waals surface area contributed by atoms with Gasteiger partial charge in [0.1, 0.15) is 17.9 Å². The number of nitrogens with one attached hydrogen (secondary N) is 4. The number of urea groups is 1. The van der Waals surface area contributed by atoms with E-state index in [9.17, 15) is 18.8 Å². The Morgan fingerprint density at radius 3 is 2.40 bits per heavy atom. The van der Waals surface area contributed by atoms with Gasteiger partial charge in [-0.3, -0.25) is 14.6 Å². The number of anilines is 1. The fraction of sp³-hybridized carbons (Fsp3) is 0.385. The molecule has 13 nitrogen and oxygen atoms in total. The molecule has 1 fully saturated rings. The van der Waals surface area contributed by atoms with Gasteiger partial charge < -0.3 is 46.9 Å². The summed E-state index contributed by atoms with van der Waals surface area (Å²) >= 11 is 0. The summed E-state index contributed by atoms with van der Waals surface area (Å²) in [7, 11) is 0. The van der Waals surface area contributed by atoms with Crippen molar-refractivity contribution in [2.75, 3.05) is 44.7 Å². The molecule has 5 rings (SSSR count). The molecule has 0 bridgehead atoms. The highest BCUT2D eigenvalue weighted by atomic mass is 19.1. The number of hydrogen-bond acceptors (Lipinski definition) is 6. The minimum atomic E-state index is -0.963.